The fourth-order valence-corrected chi connectivity index (χ4v) is 0.298. The van der Waals surface area contributed by atoms with Gasteiger partial charge in [-0.05, 0) is 0 Å². The predicted octanol–water partition coefficient (Wildman–Crippen LogP) is -3.17. The van der Waals surface area contributed by atoms with Gasteiger partial charge in [-0.25, -0.2) is 9.59 Å². The fraction of sp³-hybridized carbons (Fsp3) is 0.286. The molecule has 0 spiro atoms. The lowest BCUT2D eigenvalue weighted by atomic mass is 10.2. The van der Waals surface area contributed by atoms with Crippen LogP contribution in [0, 0.1) is 0 Å². The van der Waals surface area contributed by atoms with E-state index in [0.29, 0.717) is 0 Å². The van der Waals surface area contributed by atoms with Gasteiger partial charge in [0.1, 0.15) is 0 Å². The summed E-state index contributed by atoms with van der Waals surface area (Å²) in [4.78, 5) is 47.3. The lowest BCUT2D eigenvalue weighted by molar-refractivity contribution is -0.165. The molecule has 4 N–H and O–H groups in total. The number of ketones is 1. The fourth-order valence-electron chi connectivity index (χ4n) is 0.298. The summed E-state index contributed by atoms with van der Waals surface area (Å²) < 4.78 is 0. The molecule has 0 saturated heterocycles. The maximum atomic E-state index is 9.77. The minimum atomic E-state index is -2.27. The SMILES string of the molecule is O=C(O)C(O)C(O)C(=O)O.O=CC(=O)C=O. The van der Waals surface area contributed by atoms with E-state index in [-0.39, 0.29) is 12.6 Å². The number of aliphatic carboxylic acids is 2. The van der Waals surface area contributed by atoms with Crippen molar-refractivity contribution in [1.82, 2.24) is 0 Å². The first-order valence-corrected chi connectivity index (χ1v) is 3.54. The van der Waals surface area contributed by atoms with Gasteiger partial charge in [-0.2, -0.15) is 0 Å². The molecule has 9 nitrogen and oxygen atoms in total. The number of carbonyl (C=O) groups excluding carboxylic acids is 3. The van der Waals surface area contributed by atoms with Gasteiger partial charge in [0.2, 0.25) is 0 Å². The van der Waals surface area contributed by atoms with Gasteiger partial charge < -0.3 is 20.4 Å². The topological polar surface area (TPSA) is 166 Å². The Morgan fingerprint density at radius 3 is 1.12 bits per heavy atom. The van der Waals surface area contributed by atoms with E-state index >= 15 is 0 Å². The van der Waals surface area contributed by atoms with Crippen molar-refractivity contribution in [2.45, 2.75) is 12.2 Å². The van der Waals surface area contributed by atoms with Gasteiger partial charge in [-0.1, -0.05) is 0 Å². The molecule has 2 unspecified atom stereocenters. The molecule has 2 atom stereocenters. The molecule has 0 aliphatic rings. The zero-order valence-electron chi connectivity index (χ0n) is 7.64. The molecule has 0 aliphatic carbocycles. The van der Waals surface area contributed by atoms with Crippen molar-refractivity contribution < 1.29 is 44.4 Å². The highest BCUT2D eigenvalue weighted by molar-refractivity contribution is 6.50. The molecule has 0 amide bonds. The molecule has 0 aromatic rings. The van der Waals surface area contributed by atoms with E-state index in [4.69, 9.17) is 30.0 Å². The zero-order chi connectivity index (χ0) is 13.3. The minimum Gasteiger partial charge on any atom is -0.479 e. The zero-order valence-corrected chi connectivity index (χ0v) is 7.64. The molecule has 90 valence electrons. The van der Waals surface area contributed by atoms with E-state index in [9.17, 15) is 14.4 Å². The number of aldehydes is 2. The largest absolute Gasteiger partial charge is 0.479 e. The second kappa shape index (κ2) is 8.20. The summed E-state index contributed by atoms with van der Waals surface area (Å²) >= 11 is 0. The van der Waals surface area contributed by atoms with Gasteiger partial charge in [0.25, 0.3) is 5.78 Å². The number of aliphatic hydroxyl groups excluding tert-OH is 2. The maximum absolute atomic E-state index is 9.77. The van der Waals surface area contributed by atoms with Crippen LogP contribution < -0.4 is 0 Å². The van der Waals surface area contributed by atoms with Crippen molar-refractivity contribution in [2.75, 3.05) is 0 Å². The van der Waals surface area contributed by atoms with Crippen LogP contribution >= 0.6 is 0 Å². The van der Waals surface area contributed by atoms with E-state index in [1.807, 2.05) is 0 Å². The lowest BCUT2D eigenvalue weighted by Gasteiger charge is -2.07. The van der Waals surface area contributed by atoms with Crippen molar-refractivity contribution in [2.24, 2.45) is 0 Å². The van der Waals surface area contributed by atoms with Crippen LogP contribution in [0.3, 0.4) is 0 Å². The van der Waals surface area contributed by atoms with E-state index in [1.165, 1.54) is 0 Å². The summed E-state index contributed by atoms with van der Waals surface area (Å²) in [7, 11) is 0. The van der Waals surface area contributed by atoms with Crippen molar-refractivity contribution in [3.63, 3.8) is 0 Å². The summed E-state index contributed by atoms with van der Waals surface area (Å²) in [6.45, 7) is 0. The molecule has 9 heteroatoms. The van der Waals surface area contributed by atoms with Crippen LogP contribution in [0.4, 0.5) is 0 Å². The van der Waals surface area contributed by atoms with E-state index in [0.717, 1.165) is 0 Å². The second-order valence-electron chi connectivity index (χ2n) is 2.20. The molecule has 0 heterocycles. The Morgan fingerprint density at radius 1 is 0.812 bits per heavy atom. The summed E-state index contributed by atoms with van der Waals surface area (Å²) in [6.07, 6.45) is -4.60. The molecule has 0 aromatic heterocycles. The van der Waals surface area contributed by atoms with Gasteiger partial charge >= 0.3 is 11.9 Å². The Morgan fingerprint density at radius 2 is 1.06 bits per heavy atom. The molecule has 0 fully saturated rings. The highest BCUT2D eigenvalue weighted by atomic mass is 16.4. The van der Waals surface area contributed by atoms with E-state index in [2.05, 4.69) is 0 Å². The van der Waals surface area contributed by atoms with E-state index in [1.54, 1.807) is 0 Å². The molecular formula is C7H8O9. The normalized spacial score (nSPS) is 12.4. The molecule has 16 heavy (non-hydrogen) atoms. The molecule has 0 bridgehead atoms. The molecular weight excluding hydrogens is 228 g/mol. The Kier molecular flexibility index (Phi) is 8.36. The number of hydrogen-bond acceptors (Lipinski definition) is 7. The lowest BCUT2D eigenvalue weighted by Crippen LogP contribution is -2.39. The van der Waals surface area contributed by atoms with Crippen molar-refractivity contribution in [1.29, 1.82) is 0 Å². The van der Waals surface area contributed by atoms with Gasteiger partial charge in [0.05, 0.1) is 0 Å². The molecule has 0 aliphatic heterocycles. The Labute approximate surface area is 87.9 Å². The van der Waals surface area contributed by atoms with Gasteiger partial charge in [0.15, 0.2) is 24.8 Å². The summed E-state index contributed by atoms with van der Waals surface area (Å²) in [5.41, 5.74) is 0. The monoisotopic (exact) mass is 236 g/mol. The van der Waals surface area contributed by atoms with Gasteiger partial charge in [0, 0.05) is 0 Å². The number of carboxylic acid groups (broad SMARTS) is 2. The Bertz CT molecular complexity index is 266. The van der Waals surface area contributed by atoms with E-state index < -0.39 is 29.9 Å². The van der Waals surface area contributed by atoms with Crippen LogP contribution in [-0.4, -0.2) is 62.9 Å². The third-order valence-electron chi connectivity index (χ3n) is 1.04. The Balaban J connectivity index is 0. The first kappa shape index (κ1) is 16.3. The highest BCUT2D eigenvalue weighted by Gasteiger charge is 2.29. The average molecular weight is 236 g/mol. The van der Waals surface area contributed by atoms with Crippen molar-refractivity contribution >= 4 is 30.3 Å². The smallest absolute Gasteiger partial charge is 0.335 e. The van der Waals surface area contributed by atoms with Crippen LogP contribution in [-0.2, 0) is 24.0 Å². The summed E-state index contributed by atoms with van der Waals surface area (Å²) in [5.74, 6) is -4.56. The highest BCUT2D eigenvalue weighted by Crippen LogP contribution is 1.92. The van der Waals surface area contributed by atoms with Crippen LogP contribution in [0.25, 0.3) is 0 Å². The van der Waals surface area contributed by atoms with Gasteiger partial charge in [-0.15, -0.1) is 0 Å². The predicted molar refractivity (Wildman–Crippen MR) is 44.4 cm³/mol. The molecule has 0 radical (unpaired) electrons. The second-order valence-corrected chi connectivity index (χ2v) is 2.20. The molecule has 0 aromatic carbocycles. The van der Waals surface area contributed by atoms with Crippen molar-refractivity contribution in [3.8, 4) is 0 Å². The number of carboxylic acids is 2. The van der Waals surface area contributed by atoms with Crippen LogP contribution in [0.2, 0.25) is 0 Å². The van der Waals surface area contributed by atoms with Crippen LogP contribution in [0.1, 0.15) is 0 Å². The number of aliphatic hydroxyl groups is 2. The van der Waals surface area contributed by atoms with Gasteiger partial charge in [-0.3, -0.25) is 14.4 Å². The third-order valence-corrected chi connectivity index (χ3v) is 1.04. The van der Waals surface area contributed by atoms with Crippen LogP contribution in [0.15, 0.2) is 0 Å². The number of rotatable bonds is 5. The maximum Gasteiger partial charge on any atom is 0.335 e. The van der Waals surface area contributed by atoms with Crippen LogP contribution in [0.5, 0.6) is 0 Å². The quantitative estimate of drug-likeness (QED) is 0.218. The van der Waals surface area contributed by atoms with Crippen molar-refractivity contribution in [3.05, 3.63) is 0 Å². The molecule has 0 rings (SSSR count). The molecule has 0 saturated carbocycles. The third kappa shape index (κ3) is 7.29. The first-order chi connectivity index (χ1) is 7.27. The summed E-state index contributed by atoms with van der Waals surface area (Å²) in [6, 6.07) is 0. The minimum absolute atomic E-state index is 0.0347. The first-order valence-electron chi connectivity index (χ1n) is 3.54. The standard InChI is InChI=1S/C4H6O6.C3H2O3/c5-1(3(7)8)2(6)4(9)10;4-1-3(6)2-5/h1-2,5-6H,(H,7,8)(H,9,10);1-2H. The Hall–Kier alpha value is -2.13. The average Bonchev–Trinajstić information content (AvgIpc) is 2.26. The summed E-state index contributed by atoms with van der Waals surface area (Å²) in [5, 5.41) is 32.5. The number of hydrogen-bond donors (Lipinski definition) is 4. The number of Topliss-reactive ketones (excluding diaryl/α,β-unsaturated/α-hetero) is 1. The number of carbonyl (C=O) groups is 5.